The normalized spacial score (nSPS) is 28.9. The van der Waals surface area contributed by atoms with Crippen LogP contribution in [0.3, 0.4) is 0 Å². The number of aromatic nitrogens is 3. The molecule has 25 heavy (non-hydrogen) atoms. The SMILES string of the molecule is C#Cc1cn([C@@H]2OC(CO)C(O)[C@@]2(C)F)c2ncnc(NC(C)=O)c12. The molecule has 0 aliphatic carbocycles. The molecule has 0 radical (unpaired) electrons. The number of hydrogen-bond acceptors (Lipinski definition) is 6. The maximum atomic E-state index is 15.1. The van der Waals surface area contributed by atoms with E-state index in [1.54, 1.807) is 0 Å². The summed E-state index contributed by atoms with van der Waals surface area (Å²) in [5.74, 6) is 2.30. The van der Waals surface area contributed by atoms with Crippen LogP contribution in [0, 0.1) is 12.3 Å². The standard InChI is InChI=1S/C16H17FN4O4/c1-4-9-5-21(15-16(3,17)12(24)10(6-22)25-15)14-11(9)13(18-7-19-14)20-8(2)23/h1,5,7,10,12,15,22,24H,6H2,2-3H3,(H,18,19,20,23)/t10?,12?,15-,16-/m1/s1. The number of alkyl halides is 1. The zero-order chi connectivity index (χ0) is 18.4. The van der Waals surface area contributed by atoms with Gasteiger partial charge in [0.15, 0.2) is 11.9 Å². The van der Waals surface area contributed by atoms with E-state index >= 15 is 4.39 Å². The summed E-state index contributed by atoms with van der Waals surface area (Å²) in [5.41, 5.74) is -1.61. The van der Waals surface area contributed by atoms with Gasteiger partial charge in [-0.3, -0.25) is 4.79 Å². The molecule has 132 valence electrons. The number of aliphatic hydroxyl groups is 2. The highest BCUT2D eigenvalue weighted by Gasteiger charge is 2.55. The Morgan fingerprint density at radius 3 is 2.88 bits per heavy atom. The summed E-state index contributed by atoms with van der Waals surface area (Å²) in [7, 11) is 0. The van der Waals surface area contributed by atoms with Crippen LogP contribution in [-0.2, 0) is 9.53 Å². The molecule has 3 rings (SSSR count). The Morgan fingerprint density at radius 1 is 1.60 bits per heavy atom. The van der Waals surface area contributed by atoms with Crippen molar-refractivity contribution in [1.82, 2.24) is 14.5 Å². The van der Waals surface area contributed by atoms with Crippen LogP contribution < -0.4 is 5.32 Å². The molecule has 4 atom stereocenters. The smallest absolute Gasteiger partial charge is 0.222 e. The fourth-order valence-electron chi connectivity index (χ4n) is 3.00. The van der Waals surface area contributed by atoms with Crippen molar-refractivity contribution in [2.75, 3.05) is 11.9 Å². The van der Waals surface area contributed by atoms with E-state index in [0.29, 0.717) is 10.9 Å². The lowest BCUT2D eigenvalue weighted by molar-refractivity contribution is -0.114. The summed E-state index contributed by atoms with van der Waals surface area (Å²) in [5, 5.41) is 22.2. The summed E-state index contributed by atoms with van der Waals surface area (Å²) in [6.45, 7) is 1.96. The van der Waals surface area contributed by atoms with Gasteiger partial charge in [-0.05, 0) is 6.92 Å². The van der Waals surface area contributed by atoms with Crippen LogP contribution in [-0.4, -0.2) is 55.1 Å². The number of terminal acetylenes is 1. The van der Waals surface area contributed by atoms with Crippen LogP contribution in [0.1, 0.15) is 25.6 Å². The lowest BCUT2D eigenvalue weighted by atomic mass is 9.98. The number of nitrogens with zero attached hydrogens (tertiary/aromatic N) is 3. The molecular weight excluding hydrogens is 331 g/mol. The number of halogens is 1. The van der Waals surface area contributed by atoms with E-state index in [2.05, 4.69) is 21.2 Å². The van der Waals surface area contributed by atoms with Gasteiger partial charge in [0.25, 0.3) is 0 Å². The van der Waals surface area contributed by atoms with Crippen LogP contribution in [0.4, 0.5) is 10.2 Å². The molecule has 3 N–H and O–H groups in total. The molecule has 1 aliphatic heterocycles. The third-order valence-corrected chi connectivity index (χ3v) is 4.21. The Kier molecular flexibility index (Phi) is 4.20. The molecule has 1 fully saturated rings. The average molecular weight is 348 g/mol. The fraction of sp³-hybridized carbons (Fsp3) is 0.438. The highest BCUT2D eigenvalue weighted by molar-refractivity contribution is 6.00. The molecule has 9 heteroatoms. The van der Waals surface area contributed by atoms with E-state index in [0.717, 1.165) is 0 Å². The molecule has 2 unspecified atom stereocenters. The predicted octanol–water partition coefficient (Wildman–Crippen LogP) is 0.350. The van der Waals surface area contributed by atoms with E-state index in [4.69, 9.17) is 11.2 Å². The lowest BCUT2D eigenvalue weighted by Gasteiger charge is -2.25. The molecule has 2 aromatic heterocycles. The van der Waals surface area contributed by atoms with Gasteiger partial charge in [0, 0.05) is 13.1 Å². The van der Waals surface area contributed by atoms with Gasteiger partial charge in [-0.1, -0.05) is 5.92 Å². The number of anilines is 1. The van der Waals surface area contributed by atoms with E-state index in [9.17, 15) is 15.0 Å². The second-order valence-electron chi connectivity index (χ2n) is 6.00. The summed E-state index contributed by atoms with van der Waals surface area (Å²) in [6.07, 6.45) is 4.31. The fourth-order valence-corrected chi connectivity index (χ4v) is 3.00. The number of ether oxygens (including phenoxy) is 1. The predicted molar refractivity (Wildman–Crippen MR) is 86.3 cm³/mol. The van der Waals surface area contributed by atoms with Gasteiger partial charge in [-0.15, -0.1) is 6.42 Å². The molecular formula is C16H17FN4O4. The number of carbonyl (C=O) groups excluding carboxylic acids is 1. The van der Waals surface area contributed by atoms with Gasteiger partial charge in [0.2, 0.25) is 5.91 Å². The zero-order valence-electron chi connectivity index (χ0n) is 13.6. The molecule has 0 saturated carbocycles. The number of hydrogen-bond donors (Lipinski definition) is 3. The van der Waals surface area contributed by atoms with E-state index < -0.39 is 30.7 Å². The maximum Gasteiger partial charge on any atom is 0.222 e. The van der Waals surface area contributed by atoms with Gasteiger partial charge in [-0.2, -0.15) is 0 Å². The lowest BCUT2D eigenvalue weighted by Crippen LogP contribution is -2.40. The zero-order valence-corrected chi connectivity index (χ0v) is 13.6. The van der Waals surface area contributed by atoms with Crippen molar-refractivity contribution in [3.63, 3.8) is 0 Å². The van der Waals surface area contributed by atoms with E-state index in [1.807, 2.05) is 0 Å². The molecule has 0 spiro atoms. The number of amides is 1. The monoisotopic (exact) mass is 348 g/mol. The molecule has 1 aliphatic rings. The summed E-state index contributed by atoms with van der Waals surface area (Å²) >= 11 is 0. The highest BCUT2D eigenvalue weighted by Crippen LogP contribution is 2.43. The van der Waals surface area contributed by atoms with Crippen molar-refractivity contribution in [2.24, 2.45) is 0 Å². The molecule has 1 amide bonds. The highest BCUT2D eigenvalue weighted by atomic mass is 19.1. The first kappa shape index (κ1) is 17.3. The third-order valence-electron chi connectivity index (χ3n) is 4.21. The van der Waals surface area contributed by atoms with E-state index in [1.165, 1.54) is 30.9 Å². The molecule has 0 bridgehead atoms. The van der Waals surface area contributed by atoms with Crippen molar-refractivity contribution in [1.29, 1.82) is 0 Å². The molecule has 1 saturated heterocycles. The van der Waals surface area contributed by atoms with Crippen LogP contribution in [0.2, 0.25) is 0 Å². The van der Waals surface area contributed by atoms with Crippen molar-refractivity contribution in [3.8, 4) is 12.3 Å². The number of fused-ring (bicyclic) bond motifs is 1. The van der Waals surface area contributed by atoms with Gasteiger partial charge in [-0.25, -0.2) is 14.4 Å². The minimum Gasteiger partial charge on any atom is -0.394 e. The van der Waals surface area contributed by atoms with Gasteiger partial charge in [0.1, 0.15) is 30.0 Å². The molecule has 2 aromatic rings. The van der Waals surface area contributed by atoms with Gasteiger partial charge in [0.05, 0.1) is 17.6 Å². The van der Waals surface area contributed by atoms with Crippen LogP contribution in [0.15, 0.2) is 12.5 Å². The average Bonchev–Trinajstić information content (AvgIpc) is 3.04. The number of rotatable bonds is 3. The first-order chi connectivity index (χ1) is 11.8. The maximum absolute atomic E-state index is 15.1. The van der Waals surface area contributed by atoms with Crippen LogP contribution in [0.25, 0.3) is 11.0 Å². The Labute approximate surface area is 142 Å². The second kappa shape index (κ2) is 6.07. The van der Waals surface area contributed by atoms with Crippen LogP contribution >= 0.6 is 0 Å². The first-order valence-electron chi connectivity index (χ1n) is 7.54. The molecule has 8 nitrogen and oxygen atoms in total. The first-order valence-corrected chi connectivity index (χ1v) is 7.54. The third kappa shape index (κ3) is 2.64. The van der Waals surface area contributed by atoms with Crippen molar-refractivity contribution >= 4 is 22.8 Å². The van der Waals surface area contributed by atoms with Crippen molar-refractivity contribution in [3.05, 3.63) is 18.1 Å². The summed E-state index contributed by atoms with van der Waals surface area (Å²) in [4.78, 5) is 19.5. The number of aliphatic hydroxyl groups excluding tert-OH is 2. The largest absolute Gasteiger partial charge is 0.394 e. The Bertz CT molecular complexity index is 873. The van der Waals surface area contributed by atoms with Crippen molar-refractivity contribution in [2.45, 2.75) is 38.0 Å². The minimum atomic E-state index is -2.19. The van der Waals surface area contributed by atoms with E-state index in [-0.39, 0.29) is 17.4 Å². The Balaban J connectivity index is 2.19. The van der Waals surface area contributed by atoms with Gasteiger partial charge < -0.3 is 24.8 Å². The van der Waals surface area contributed by atoms with Crippen LogP contribution in [0.5, 0.6) is 0 Å². The Morgan fingerprint density at radius 2 is 2.32 bits per heavy atom. The number of carbonyl (C=O) groups is 1. The minimum absolute atomic E-state index is 0.196. The Hall–Kier alpha value is -2.54. The summed E-state index contributed by atoms with van der Waals surface area (Å²) < 4.78 is 21.9. The number of nitrogens with one attached hydrogen (secondary N) is 1. The second-order valence-corrected chi connectivity index (χ2v) is 6.00. The molecule has 0 aromatic carbocycles. The van der Waals surface area contributed by atoms with Crippen molar-refractivity contribution < 1.29 is 24.1 Å². The molecule has 3 heterocycles. The topological polar surface area (TPSA) is 110 Å². The quantitative estimate of drug-likeness (QED) is 0.691. The van der Waals surface area contributed by atoms with Gasteiger partial charge >= 0.3 is 0 Å². The summed E-state index contributed by atoms with van der Waals surface area (Å²) in [6, 6.07) is 0.